The van der Waals surface area contributed by atoms with Gasteiger partial charge in [-0.25, -0.2) is 0 Å². The molecule has 1 atom stereocenters. The zero-order valence-corrected chi connectivity index (χ0v) is 8.06. The van der Waals surface area contributed by atoms with Gasteiger partial charge in [0, 0.05) is 0 Å². The van der Waals surface area contributed by atoms with Crippen molar-refractivity contribution in [3.05, 3.63) is 35.7 Å². The molecule has 1 aromatic carbocycles. The third-order valence-electron chi connectivity index (χ3n) is 1.74. The summed E-state index contributed by atoms with van der Waals surface area (Å²) >= 11 is 5.92. The van der Waals surface area contributed by atoms with E-state index in [1.165, 1.54) is 0 Å². The van der Waals surface area contributed by atoms with Crippen molar-refractivity contribution >= 4 is 11.6 Å². The first-order valence-corrected chi connectivity index (χ1v) is 4.19. The molecule has 65 valence electrons. The van der Waals surface area contributed by atoms with Crippen molar-refractivity contribution in [2.75, 3.05) is 7.11 Å². The van der Waals surface area contributed by atoms with E-state index in [0.717, 1.165) is 5.56 Å². The molecular weight excluding hydrogens is 172 g/mol. The first kappa shape index (κ1) is 9.40. The molecule has 2 heteroatoms. The Labute approximate surface area is 78.3 Å². The van der Waals surface area contributed by atoms with E-state index in [-0.39, 0.29) is 5.92 Å². The quantitative estimate of drug-likeness (QED) is 0.684. The average Bonchev–Trinajstić information content (AvgIpc) is 2.04. The van der Waals surface area contributed by atoms with E-state index in [2.05, 4.69) is 6.92 Å². The fourth-order valence-corrected chi connectivity index (χ4v) is 1.26. The summed E-state index contributed by atoms with van der Waals surface area (Å²) in [5.74, 6) is 0.967. The molecule has 0 spiro atoms. The molecule has 1 rings (SSSR count). The molecule has 0 heterocycles. The van der Waals surface area contributed by atoms with Crippen molar-refractivity contribution in [2.24, 2.45) is 0 Å². The predicted molar refractivity (Wildman–Crippen MR) is 51.8 cm³/mol. The van der Waals surface area contributed by atoms with Crippen LogP contribution in [-0.4, -0.2) is 7.11 Å². The topological polar surface area (TPSA) is 9.23 Å². The first-order chi connectivity index (χ1) is 5.65. The van der Waals surface area contributed by atoms with E-state index < -0.39 is 0 Å². The van der Waals surface area contributed by atoms with Gasteiger partial charge in [0.15, 0.2) is 0 Å². The highest BCUT2D eigenvalue weighted by atomic mass is 35.5. The number of hydrogen-bond acceptors (Lipinski definition) is 1. The van der Waals surface area contributed by atoms with Crippen LogP contribution in [0, 0.1) is 6.92 Å². The maximum absolute atomic E-state index is 5.92. The minimum absolute atomic E-state index is 0.258. The summed E-state index contributed by atoms with van der Waals surface area (Å²) in [6.45, 7) is 5.93. The third kappa shape index (κ3) is 1.92. The van der Waals surface area contributed by atoms with Gasteiger partial charge < -0.3 is 4.74 Å². The average molecular weight is 184 g/mol. The highest BCUT2D eigenvalue weighted by Gasteiger charge is 2.03. The van der Waals surface area contributed by atoms with Crippen LogP contribution in [0.5, 0.6) is 5.75 Å². The Morgan fingerprint density at radius 1 is 1.50 bits per heavy atom. The molecule has 0 aromatic heterocycles. The molecular formula is C10H12ClO. The van der Waals surface area contributed by atoms with Gasteiger partial charge in [0.25, 0.3) is 0 Å². The largest absolute Gasteiger partial charge is 0.495 e. The summed E-state index contributed by atoms with van der Waals surface area (Å²) in [6, 6.07) is 5.72. The van der Waals surface area contributed by atoms with E-state index in [9.17, 15) is 0 Å². The second kappa shape index (κ2) is 3.81. The first-order valence-electron chi connectivity index (χ1n) is 3.81. The zero-order valence-electron chi connectivity index (χ0n) is 7.30. The van der Waals surface area contributed by atoms with Gasteiger partial charge in [-0.3, -0.25) is 0 Å². The molecule has 1 unspecified atom stereocenters. The number of ether oxygens (including phenoxy) is 1. The Morgan fingerprint density at radius 3 is 2.58 bits per heavy atom. The van der Waals surface area contributed by atoms with Crippen LogP contribution in [0.1, 0.15) is 18.4 Å². The Hall–Kier alpha value is -0.690. The molecule has 0 aliphatic rings. The van der Waals surface area contributed by atoms with Crippen LogP contribution in [0.2, 0.25) is 5.02 Å². The van der Waals surface area contributed by atoms with Crippen molar-refractivity contribution in [3.8, 4) is 5.75 Å². The molecule has 0 aliphatic heterocycles. The van der Waals surface area contributed by atoms with Gasteiger partial charge in [-0.05, 0) is 30.5 Å². The third-order valence-corrected chi connectivity index (χ3v) is 2.04. The van der Waals surface area contributed by atoms with Crippen molar-refractivity contribution in [1.82, 2.24) is 0 Å². The predicted octanol–water partition coefficient (Wildman–Crippen LogP) is 3.29. The van der Waals surface area contributed by atoms with E-state index in [4.69, 9.17) is 16.3 Å². The lowest BCUT2D eigenvalue weighted by Gasteiger charge is -2.07. The number of hydrogen-bond donors (Lipinski definition) is 0. The summed E-state index contributed by atoms with van der Waals surface area (Å²) in [5.41, 5.74) is 1.13. The Morgan fingerprint density at radius 2 is 2.17 bits per heavy atom. The lowest BCUT2D eigenvalue weighted by atomic mass is 10.0. The number of methoxy groups -OCH3 is 1. The van der Waals surface area contributed by atoms with Crippen molar-refractivity contribution in [2.45, 2.75) is 12.8 Å². The molecule has 1 aromatic rings. The molecule has 1 nitrogen and oxygen atoms in total. The van der Waals surface area contributed by atoms with E-state index in [0.29, 0.717) is 10.8 Å². The molecule has 12 heavy (non-hydrogen) atoms. The van der Waals surface area contributed by atoms with E-state index >= 15 is 0 Å². The second-order valence-corrected chi connectivity index (χ2v) is 3.20. The summed E-state index contributed by atoms with van der Waals surface area (Å²) in [7, 11) is 1.61. The van der Waals surface area contributed by atoms with Crippen LogP contribution in [0.3, 0.4) is 0 Å². The van der Waals surface area contributed by atoms with Crippen molar-refractivity contribution in [1.29, 1.82) is 0 Å². The van der Waals surface area contributed by atoms with Gasteiger partial charge in [-0.2, -0.15) is 0 Å². The van der Waals surface area contributed by atoms with Crippen LogP contribution < -0.4 is 4.74 Å². The normalized spacial score (nSPS) is 10.4. The van der Waals surface area contributed by atoms with Crippen LogP contribution >= 0.6 is 11.6 Å². The fraction of sp³-hybridized carbons (Fsp3) is 0.300. The van der Waals surface area contributed by atoms with Crippen LogP contribution in [-0.2, 0) is 0 Å². The maximum Gasteiger partial charge on any atom is 0.137 e. The highest BCUT2D eigenvalue weighted by molar-refractivity contribution is 6.32. The SMILES string of the molecule is [CH2]C(C)c1ccc(OC)c(Cl)c1. The zero-order chi connectivity index (χ0) is 9.14. The van der Waals surface area contributed by atoms with Crippen LogP contribution in [0.4, 0.5) is 0 Å². The Balaban J connectivity index is 3.02. The van der Waals surface area contributed by atoms with Gasteiger partial charge in [0.1, 0.15) is 5.75 Å². The summed E-state index contributed by atoms with van der Waals surface area (Å²) in [5, 5.41) is 0.644. The molecule has 0 aliphatic carbocycles. The monoisotopic (exact) mass is 183 g/mol. The number of rotatable bonds is 2. The van der Waals surface area contributed by atoms with Crippen LogP contribution in [0.15, 0.2) is 18.2 Å². The summed E-state index contributed by atoms with van der Waals surface area (Å²) in [6.07, 6.45) is 0. The minimum Gasteiger partial charge on any atom is -0.495 e. The number of halogens is 1. The Kier molecular flexibility index (Phi) is 2.99. The fourth-order valence-electron chi connectivity index (χ4n) is 0.989. The molecule has 0 fully saturated rings. The standard InChI is InChI=1S/C10H12ClO/c1-7(2)8-4-5-10(12-3)9(11)6-8/h4-7H,1H2,2-3H3. The molecule has 0 amide bonds. The van der Waals surface area contributed by atoms with Crippen molar-refractivity contribution in [3.63, 3.8) is 0 Å². The van der Waals surface area contributed by atoms with E-state index in [1.807, 2.05) is 25.1 Å². The maximum atomic E-state index is 5.92. The van der Waals surface area contributed by atoms with E-state index in [1.54, 1.807) is 7.11 Å². The van der Waals surface area contributed by atoms with Gasteiger partial charge in [0.05, 0.1) is 12.1 Å². The molecule has 1 radical (unpaired) electrons. The van der Waals surface area contributed by atoms with Gasteiger partial charge >= 0.3 is 0 Å². The lowest BCUT2D eigenvalue weighted by Crippen LogP contribution is -1.89. The smallest absolute Gasteiger partial charge is 0.137 e. The summed E-state index contributed by atoms with van der Waals surface area (Å²) in [4.78, 5) is 0. The Bertz CT molecular complexity index is 269. The summed E-state index contributed by atoms with van der Waals surface area (Å²) < 4.78 is 5.03. The van der Waals surface area contributed by atoms with Crippen molar-refractivity contribution < 1.29 is 4.74 Å². The second-order valence-electron chi connectivity index (χ2n) is 2.80. The van der Waals surface area contributed by atoms with Gasteiger partial charge in [-0.15, -0.1) is 0 Å². The molecule has 0 saturated carbocycles. The van der Waals surface area contributed by atoms with Gasteiger partial charge in [0.2, 0.25) is 0 Å². The highest BCUT2D eigenvalue weighted by Crippen LogP contribution is 2.27. The number of benzene rings is 1. The molecule has 0 bridgehead atoms. The van der Waals surface area contributed by atoms with Crippen LogP contribution in [0.25, 0.3) is 0 Å². The lowest BCUT2D eigenvalue weighted by molar-refractivity contribution is 0.415. The molecule has 0 saturated heterocycles. The minimum atomic E-state index is 0.258. The van der Waals surface area contributed by atoms with Gasteiger partial charge in [-0.1, -0.05) is 24.6 Å². The molecule has 0 N–H and O–H groups in total.